The standard InChI is InChI=1S/C28H50N16.C10H21N.2C2H4/c1-8-11-14-29-23-34-20(4)36-26(40-23)32-17-43(7)19-44(28-39-22(6)38-25(42-28)31-16-13-10-3)18-33-27-37-21(5)35-24(41-27)30-15-12-9-2;1-8-6-9(2,3)11-10(4,5)7-8;2*1-2/h8-19H2,1-7H3,(H,31,38,39,42)(H2,29,32,34,36,40)(H2,30,33,35,37,41);8,11H,6-7H2,1-5H3;2*1-2H2. The fourth-order valence-corrected chi connectivity index (χ4v) is 6.83. The molecule has 332 valence electrons. The number of nitrogens with one attached hydrogen (secondary N) is 6. The quantitative estimate of drug-likeness (QED) is 0.0346. The summed E-state index contributed by atoms with van der Waals surface area (Å²) in [7, 11) is 1.99. The maximum absolute atomic E-state index is 4.73. The molecular weight excluding hydrogens is 743 g/mol. The van der Waals surface area contributed by atoms with Gasteiger partial charge in [0.05, 0.1) is 20.0 Å². The van der Waals surface area contributed by atoms with Crippen molar-refractivity contribution in [1.82, 2.24) is 55.1 Å². The molecule has 0 amide bonds. The highest BCUT2D eigenvalue weighted by molar-refractivity contribution is 5.41. The predicted octanol–water partition coefficient (Wildman–Crippen LogP) is 7.81. The van der Waals surface area contributed by atoms with E-state index < -0.39 is 0 Å². The number of hydrogen-bond donors (Lipinski definition) is 6. The molecule has 3 aromatic rings. The van der Waals surface area contributed by atoms with Crippen LogP contribution in [0.15, 0.2) is 26.3 Å². The second-order valence-corrected chi connectivity index (χ2v) is 16.0. The third-order valence-corrected chi connectivity index (χ3v) is 8.69. The minimum Gasteiger partial charge on any atom is -0.354 e. The minimum absolute atomic E-state index is 0.334. The summed E-state index contributed by atoms with van der Waals surface area (Å²) in [5.74, 6) is 5.95. The van der Waals surface area contributed by atoms with Crippen LogP contribution in [-0.4, -0.2) is 108 Å². The SMILES string of the molecule is C=C.C=C.CC1CC(C)(C)NC(C)(C)C1.CCCCNc1nc(C)nc(NCN(C)CN(CNc2nc(C)nc(NCCCC)n2)c2nc(C)nc(NCCCC)n2)n1. The van der Waals surface area contributed by atoms with Gasteiger partial charge >= 0.3 is 0 Å². The maximum atomic E-state index is 4.73. The lowest BCUT2D eigenvalue weighted by Gasteiger charge is -2.45. The second-order valence-electron chi connectivity index (χ2n) is 16.0. The van der Waals surface area contributed by atoms with Gasteiger partial charge in [0.15, 0.2) is 0 Å². The molecule has 6 N–H and O–H groups in total. The van der Waals surface area contributed by atoms with Gasteiger partial charge in [0.1, 0.15) is 17.5 Å². The zero-order valence-electron chi connectivity index (χ0n) is 38.7. The fraction of sp³-hybridized carbons (Fsp3) is 0.690. The van der Waals surface area contributed by atoms with Crippen molar-refractivity contribution >= 4 is 35.7 Å². The van der Waals surface area contributed by atoms with Crippen molar-refractivity contribution in [3.8, 4) is 0 Å². The van der Waals surface area contributed by atoms with Crippen LogP contribution in [0.3, 0.4) is 0 Å². The van der Waals surface area contributed by atoms with Crippen LogP contribution < -0.4 is 36.8 Å². The summed E-state index contributed by atoms with van der Waals surface area (Å²) in [5.41, 5.74) is 0.669. The second kappa shape index (κ2) is 27.8. The fourth-order valence-electron chi connectivity index (χ4n) is 6.83. The molecule has 4 heterocycles. The predicted molar refractivity (Wildman–Crippen MR) is 248 cm³/mol. The number of nitrogens with zero attached hydrogens (tertiary/aromatic N) is 11. The Labute approximate surface area is 356 Å². The molecule has 1 fully saturated rings. The largest absolute Gasteiger partial charge is 0.354 e. The molecule has 1 saturated heterocycles. The van der Waals surface area contributed by atoms with Crippen molar-refractivity contribution in [2.24, 2.45) is 5.92 Å². The van der Waals surface area contributed by atoms with Crippen molar-refractivity contribution in [1.29, 1.82) is 0 Å². The van der Waals surface area contributed by atoms with Crippen molar-refractivity contribution in [3.05, 3.63) is 43.8 Å². The molecule has 0 saturated carbocycles. The smallest absolute Gasteiger partial charge is 0.232 e. The first kappa shape index (κ1) is 52.2. The van der Waals surface area contributed by atoms with Gasteiger partial charge in [-0.15, -0.1) is 26.3 Å². The van der Waals surface area contributed by atoms with E-state index in [9.17, 15) is 0 Å². The van der Waals surface area contributed by atoms with Crippen LogP contribution in [0, 0.1) is 26.7 Å². The van der Waals surface area contributed by atoms with Gasteiger partial charge in [0, 0.05) is 30.7 Å². The number of anilines is 6. The van der Waals surface area contributed by atoms with Crippen LogP contribution in [-0.2, 0) is 0 Å². The molecule has 0 unspecified atom stereocenters. The van der Waals surface area contributed by atoms with Crippen LogP contribution in [0.5, 0.6) is 0 Å². The van der Waals surface area contributed by atoms with Crippen LogP contribution >= 0.6 is 0 Å². The number of rotatable bonds is 21. The van der Waals surface area contributed by atoms with Gasteiger partial charge in [-0.1, -0.05) is 47.0 Å². The summed E-state index contributed by atoms with van der Waals surface area (Å²) in [5, 5.41) is 20.2. The van der Waals surface area contributed by atoms with Crippen molar-refractivity contribution in [2.75, 3.05) is 78.2 Å². The average molecular weight is 822 g/mol. The topological polar surface area (TPSA) is 195 Å². The molecule has 0 atom stereocenters. The van der Waals surface area contributed by atoms with Crippen LogP contribution in [0.4, 0.5) is 35.7 Å². The van der Waals surface area contributed by atoms with E-state index in [1.165, 1.54) is 12.8 Å². The molecule has 3 aromatic heterocycles. The van der Waals surface area contributed by atoms with Crippen LogP contribution in [0.25, 0.3) is 0 Å². The van der Waals surface area contributed by atoms with Crippen molar-refractivity contribution in [3.63, 3.8) is 0 Å². The first-order valence-corrected chi connectivity index (χ1v) is 21.2. The zero-order chi connectivity index (χ0) is 44.4. The molecule has 0 aromatic carbocycles. The Hall–Kier alpha value is -4.77. The summed E-state index contributed by atoms with van der Waals surface area (Å²) in [6.07, 6.45) is 8.98. The number of aryl methyl sites for hydroxylation is 3. The summed E-state index contributed by atoms with van der Waals surface area (Å²) < 4.78 is 0. The summed E-state index contributed by atoms with van der Waals surface area (Å²) in [6, 6.07) is 0. The minimum atomic E-state index is 0.334. The highest BCUT2D eigenvalue weighted by Gasteiger charge is 2.35. The first-order valence-electron chi connectivity index (χ1n) is 21.2. The van der Waals surface area contributed by atoms with Gasteiger partial charge in [0.2, 0.25) is 35.7 Å². The Bertz CT molecular complexity index is 1580. The number of hydrogen-bond acceptors (Lipinski definition) is 17. The lowest BCUT2D eigenvalue weighted by Crippen LogP contribution is -2.57. The average Bonchev–Trinajstić information content (AvgIpc) is 3.16. The number of aromatic nitrogens is 9. The Balaban J connectivity index is 0.000000983. The van der Waals surface area contributed by atoms with Crippen LogP contribution in [0.2, 0.25) is 0 Å². The van der Waals surface area contributed by atoms with E-state index in [1.54, 1.807) is 0 Å². The summed E-state index contributed by atoms with van der Waals surface area (Å²) in [6.45, 7) is 39.3. The lowest BCUT2D eigenvalue weighted by molar-refractivity contribution is 0.138. The normalized spacial score (nSPS) is 14.0. The van der Waals surface area contributed by atoms with E-state index in [0.29, 0.717) is 84.2 Å². The molecule has 17 heteroatoms. The third kappa shape index (κ3) is 21.7. The first-order chi connectivity index (χ1) is 28.1. The van der Waals surface area contributed by atoms with Gasteiger partial charge in [0.25, 0.3) is 0 Å². The summed E-state index contributed by atoms with van der Waals surface area (Å²) >= 11 is 0. The molecule has 1 aliphatic heterocycles. The van der Waals surface area contributed by atoms with Gasteiger partial charge in [-0.05, 0) is 93.5 Å². The Kier molecular flexibility index (Phi) is 24.6. The van der Waals surface area contributed by atoms with E-state index in [4.69, 9.17) is 4.98 Å². The molecule has 17 nitrogen and oxygen atoms in total. The van der Waals surface area contributed by atoms with Gasteiger partial charge in [-0.3, -0.25) is 4.90 Å². The molecule has 4 rings (SSSR count). The van der Waals surface area contributed by atoms with Crippen LogP contribution in [0.1, 0.15) is 124 Å². The van der Waals surface area contributed by atoms with Crippen molar-refractivity contribution < 1.29 is 0 Å². The molecule has 0 radical (unpaired) electrons. The third-order valence-electron chi connectivity index (χ3n) is 8.69. The highest BCUT2D eigenvalue weighted by Crippen LogP contribution is 2.32. The van der Waals surface area contributed by atoms with Gasteiger partial charge < -0.3 is 36.8 Å². The summed E-state index contributed by atoms with van der Waals surface area (Å²) in [4.78, 5) is 44.8. The Morgan fingerprint density at radius 3 is 1.31 bits per heavy atom. The molecule has 0 aliphatic carbocycles. The molecule has 0 bridgehead atoms. The van der Waals surface area contributed by atoms with E-state index >= 15 is 0 Å². The molecule has 1 aliphatic rings. The Morgan fingerprint density at radius 2 is 0.915 bits per heavy atom. The van der Waals surface area contributed by atoms with Gasteiger partial charge in [-0.25, -0.2) is 0 Å². The Morgan fingerprint density at radius 1 is 0.559 bits per heavy atom. The molecule has 0 spiro atoms. The molecular formula is C42H79N17. The van der Waals surface area contributed by atoms with E-state index in [1.807, 2.05) is 32.7 Å². The number of piperidine rings is 1. The lowest BCUT2D eigenvalue weighted by atomic mass is 9.77. The van der Waals surface area contributed by atoms with E-state index in [2.05, 4.69) is 158 Å². The zero-order valence-corrected chi connectivity index (χ0v) is 38.7. The van der Waals surface area contributed by atoms with Crippen molar-refractivity contribution in [2.45, 2.75) is 139 Å². The maximum Gasteiger partial charge on any atom is 0.232 e. The number of unbranched alkanes of at least 4 members (excludes halogenated alkanes) is 3. The van der Waals surface area contributed by atoms with E-state index in [-0.39, 0.29) is 0 Å². The molecule has 59 heavy (non-hydrogen) atoms. The van der Waals surface area contributed by atoms with E-state index in [0.717, 1.165) is 64.1 Å². The van der Waals surface area contributed by atoms with Gasteiger partial charge in [-0.2, -0.15) is 44.9 Å². The highest BCUT2D eigenvalue weighted by atomic mass is 15.4. The monoisotopic (exact) mass is 822 g/mol.